The smallest absolute Gasteiger partial charge is 0.255 e. The molecule has 7 heteroatoms. The number of nitrogens with one attached hydrogen (secondary N) is 1. The summed E-state index contributed by atoms with van der Waals surface area (Å²) in [6.07, 6.45) is 1.77. The van der Waals surface area contributed by atoms with Gasteiger partial charge in [-0.1, -0.05) is 41.9 Å². The molecule has 0 aromatic heterocycles. The Kier molecular flexibility index (Phi) is 7.14. The fourth-order valence-corrected chi connectivity index (χ4v) is 3.53. The quantitative estimate of drug-likeness (QED) is 0.618. The highest BCUT2D eigenvalue weighted by Crippen LogP contribution is 2.29. The molecular weight excluding hydrogens is 378 g/mol. The molecule has 0 spiro atoms. The summed E-state index contributed by atoms with van der Waals surface area (Å²) in [7, 11) is 0. The van der Waals surface area contributed by atoms with Gasteiger partial charge < -0.3 is 20.9 Å². The molecule has 1 aliphatic heterocycles. The van der Waals surface area contributed by atoms with Gasteiger partial charge in [-0.15, -0.1) is 0 Å². The summed E-state index contributed by atoms with van der Waals surface area (Å²) in [5.74, 6) is 0.0892. The van der Waals surface area contributed by atoms with E-state index >= 15 is 0 Å². The van der Waals surface area contributed by atoms with E-state index in [9.17, 15) is 4.79 Å². The molecular formula is C21H26ClN3O3. The van der Waals surface area contributed by atoms with Gasteiger partial charge in [0.15, 0.2) is 0 Å². The van der Waals surface area contributed by atoms with Crippen molar-refractivity contribution < 1.29 is 14.6 Å². The number of anilines is 1. The Morgan fingerprint density at radius 2 is 1.96 bits per heavy atom. The number of piperidine rings is 1. The molecule has 3 rings (SSSR count). The second-order valence-electron chi connectivity index (χ2n) is 6.95. The zero-order valence-electron chi connectivity index (χ0n) is 15.7. The maximum atomic E-state index is 12.8. The topological polar surface area (TPSA) is 87.8 Å². The van der Waals surface area contributed by atoms with E-state index in [1.807, 2.05) is 6.07 Å². The Bertz CT molecular complexity index is 793. The van der Waals surface area contributed by atoms with E-state index in [1.54, 1.807) is 0 Å². The highest BCUT2D eigenvalue weighted by Gasteiger charge is 2.23. The molecule has 28 heavy (non-hydrogen) atoms. The van der Waals surface area contributed by atoms with E-state index < -0.39 is 0 Å². The normalized spacial score (nSPS) is 15.4. The van der Waals surface area contributed by atoms with E-state index in [2.05, 4.69) is 34.5 Å². The van der Waals surface area contributed by atoms with Crippen LogP contribution in [0.5, 0.6) is 5.75 Å². The molecule has 0 saturated carbocycles. The second kappa shape index (κ2) is 9.78. The summed E-state index contributed by atoms with van der Waals surface area (Å²) in [6, 6.07) is 13.5. The predicted octanol–water partition coefficient (Wildman–Crippen LogP) is 2.69. The number of rotatable bonds is 7. The number of benzene rings is 2. The summed E-state index contributed by atoms with van der Waals surface area (Å²) in [6.45, 7) is 2.71. The summed E-state index contributed by atoms with van der Waals surface area (Å²) in [5.41, 5.74) is 7.78. The van der Waals surface area contributed by atoms with Crippen LogP contribution in [-0.4, -0.2) is 48.3 Å². The number of nitrogens with two attached hydrogens (primary N) is 1. The first-order valence-electron chi connectivity index (χ1n) is 9.46. The number of aliphatic hydroxyl groups is 1. The van der Waals surface area contributed by atoms with Gasteiger partial charge in [-0.3, -0.25) is 9.69 Å². The number of carbonyl (C=O) groups is 1. The minimum Gasteiger partial charge on any atom is -0.490 e. The van der Waals surface area contributed by atoms with Crippen LogP contribution < -0.4 is 15.8 Å². The van der Waals surface area contributed by atoms with Gasteiger partial charge in [0, 0.05) is 31.7 Å². The molecule has 1 heterocycles. The van der Waals surface area contributed by atoms with Crippen LogP contribution in [0.3, 0.4) is 0 Å². The average molecular weight is 404 g/mol. The number of hydrogen-bond donors (Lipinski definition) is 3. The first-order valence-corrected chi connectivity index (χ1v) is 9.84. The number of hydrogen-bond acceptors (Lipinski definition) is 5. The lowest BCUT2D eigenvalue weighted by Gasteiger charge is -2.32. The van der Waals surface area contributed by atoms with Gasteiger partial charge in [0.1, 0.15) is 12.4 Å². The van der Waals surface area contributed by atoms with Crippen molar-refractivity contribution in [1.29, 1.82) is 0 Å². The standard InChI is InChI=1S/C21H26ClN3O3/c22-18-12-17(20(13-19(18)23)28-11-10-26)21(27)24-16-6-8-25(9-7-16)14-15-4-2-1-3-5-15/h1-5,12-13,16,26H,6-11,14,23H2,(H,24,27). The number of carbonyl (C=O) groups excluding carboxylic acids is 1. The summed E-state index contributed by atoms with van der Waals surface area (Å²) in [5, 5.41) is 12.4. The summed E-state index contributed by atoms with van der Waals surface area (Å²) >= 11 is 6.09. The van der Waals surface area contributed by atoms with Crippen LogP contribution in [0.25, 0.3) is 0 Å². The number of nitrogen functional groups attached to an aromatic ring is 1. The van der Waals surface area contributed by atoms with Gasteiger partial charge in [0.2, 0.25) is 0 Å². The van der Waals surface area contributed by atoms with Crippen molar-refractivity contribution in [1.82, 2.24) is 10.2 Å². The lowest BCUT2D eigenvalue weighted by Crippen LogP contribution is -2.44. The third-order valence-corrected chi connectivity index (χ3v) is 5.19. The molecule has 4 N–H and O–H groups in total. The number of aliphatic hydroxyl groups excluding tert-OH is 1. The third-order valence-electron chi connectivity index (χ3n) is 4.86. The van der Waals surface area contributed by atoms with Crippen LogP contribution in [0.1, 0.15) is 28.8 Å². The van der Waals surface area contributed by atoms with E-state index in [4.69, 9.17) is 27.2 Å². The van der Waals surface area contributed by atoms with Gasteiger partial charge in [0.25, 0.3) is 5.91 Å². The highest BCUT2D eigenvalue weighted by molar-refractivity contribution is 6.33. The van der Waals surface area contributed by atoms with Crippen molar-refractivity contribution in [3.8, 4) is 5.75 Å². The Morgan fingerprint density at radius 3 is 2.64 bits per heavy atom. The van der Waals surface area contributed by atoms with Crippen LogP contribution in [-0.2, 0) is 6.54 Å². The van der Waals surface area contributed by atoms with Crippen molar-refractivity contribution in [2.75, 3.05) is 32.0 Å². The van der Waals surface area contributed by atoms with E-state index in [0.717, 1.165) is 32.5 Å². The van der Waals surface area contributed by atoms with Crippen LogP contribution in [0.4, 0.5) is 5.69 Å². The first-order chi connectivity index (χ1) is 13.6. The maximum Gasteiger partial charge on any atom is 0.255 e. The molecule has 1 amide bonds. The lowest BCUT2D eigenvalue weighted by molar-refractivity contribution is 0.0903. The van der Waals surface area contributed by atoms with Crippen molar-refractivity contribution in [3.05, 3.63) is 58.6 Å². The first kappa shape index (κ1) is 20.5. The van der Waals surface area contributed by atoms with Crippen molar-refractivity contribution in [2.45, 2.75) is 25.4 Å². The van der Waals surface area contributed by atoms with E-state index in [0.29, 0.717) is 22.0 Å². The Hall–Kier alpha value is -2.28. The molecule has 0 aliphatic carbocycles. The zero-order chi connectivity index (χ0) is 19.9. The fraction of sp³-hybridized carbons (Fsp3) is 0.381. The monoisotopic (exact) mass is 403 g/mol. The van der Waals surface area contributed by atoms with Crippen LogP contribution in [0.2, 0.25) is 5.02 Å². The van der Waals surface area contributed by atoms with Crippen molar-refractivity contribution >= 4 is 23.2 Å². The molecule has 1 aliphatic rings. The van der Waals surface area contributed by atoms with Gasteiger partial charge in [-0.25, -0.2) is 0 Å². The maximum absolute atomic E-state index is 12.8. The van der Waals surface area contributed by atoms with Gasteiger partial charge in [-0.05, 0) is 24.5 Å². The SMILES string of the molecule is Nc1cc(OCCO)c(C(=O)NC2CCN(Cc3ccccc3)CC2)cc1Cl. The molecule has 150 valence electrons. The molecule has 1 fully saturated rings. The van der Waals surface area contributed by atoms with Crippen molar-refractivity contribution in [2.24, 2.45) is 0 Å². The van der Waals surface area contributed by atoms with Gasteiger partial charge in [-0.2, -0.15) is 0 Å². The number of halogens is 1. The molecule has 6 nitrogen and oxygen atoms in total. The fourth-order valence-electron chi connectivity index (χ4n) is 3.36. The molecule has 0 radical (unpaired) electrons. The van der Waals surface area contributed by atoms with Gasteiger partial charge in [0.05, 0.1) is 22.9 Å². The third kappa shape index (κ3) is 5.38. The predicted molar refractivity (Wildman–Crippen MR) is 111 cm³/mol. The van der Waals surface area contributed by atoms with Crippen LogP contribution >= 0.6 is 11.6 Å². The number of nitrogens with zero attached hydrogens (tertiary/aromatic N) is 1. The molecule has 2 aromatic rings. The van der Waals surface area contributed by atoms with E-state index in [-0.39, 0.29) is 25.2 Å². The highest BCUT2D eigenvalue weighted by atomic mass is 35.5. The Labute approximate surface area is 170 Å². The molecule has 2 aromatic carbocycles. The van der Waals surface area contributed by atoms with Crippen molar-refractivity contribution in [3.63, 3.8) is 0 Å². The molecule has 0 unspecified atom stereocenters. The molecule has 0 bridgehead atoms. The Morgan fingerprint density at radius 1 is 1.25 bits per heavy atom. The summed E-state index contributed by atoms with van der Waals surface area (Å²) < 4.78 is 5.46. The lowest BCUT2D eigenvalue weighted by atomic mass is 10.0. The Balaban J connectivity index is 1.57. The minimum absolute atomic E-state index is 0.0826. The summed E-state index contributed by atoms with van der Waals surface area (Å²) in [4.78, 5) is 15.2. The second-order valence-corrected chi connectivity index (χ2v) is 7.36. The molecule has 0 atom stereocenters. The van der Waals surface area contributed by atoms with Crippen LogP contribution in [0.15, 0.2) is 42.5 Å². The minimum atomic E-state index is -0.239. The largest absolute Gasteiger partial charge is 0.490 e. The number of likely N-dealkylation sites (tertiary alicyclic amines) is 1. The van der Waals surface area contributed by atoms with Crippen LogP contribution in [0, 0.1) is 0 Å². The van der Waals surface area contributed by atoms with Gasteiger partial charge >= 0.3 is 0 Å². The van der Waals surface area contributed by atoms with E-state index in [1.165, 1.54) is 17.7 Å². The number of amides is 1. The average Bonchev–Trinajstić information content (AvgIpc) is 2.70. The zero-order valence-corrected chi connectivity index (χ0v) is 16.5. The number of ether oxygens (including phenoxy) is 1. The molecule has 1 saturated heterocycles.